The van der Waals surface area contributed by atoms with Gasteiger partial charge in [0.25, 0.3) is 11.8 Å². The van der Waals surface area contributed by atoms with Crippen molar-refractivity contribution in [2.24, 2.45) is 4.99 Å². The van der Waals surface area contributed by atoms with Gasteiger partial charge in [0.2, 0.25) is 5.84 Å². The first-order chi connectivity index (χ1) is 14.1. The standard InChI is InChI=1S/C20H20N6O3/c27-17-12-21-18(25-26(17)16-7-2-1-3-8-16)19(28)22-14-5-4-6-15(11-14)24-20(29)23-13-9-10-13/h1-8,11,13H,9-10,12H2,(H,21,25)(H,22,28)(H2,23,24,29). The highest BCUT2D eigenvalue weighted by molar-refractivity contribution is 6.43. The lowest BCUT2D eigenvalue weighted by Crippen LogP contribution is -2.54. The van der Waals surface area contributed by atoms with E-state index in [1.54, 1.807) is 48.5 Å². The van der Waals surface area contributed by atoms with Crippen molar-refractivity contribution in [3.8, 4) is 0 Å². The highest BCUT2D eigenvalue weighted by atomic mass is 16.2. The van der Waals surface area contributed by atoms with E-state index in [-0.39, 0.29) is 30.4 Å². The molecular weight excluding hydrogens is 372 g/mol. The number of hydrogen-bond acceptors (Lipinski definition) is 5. The van der Waals surface area contributed by atoms with Crippen molar-refractivity contribution >= 4 is 40.7 Å². The Balaban J connectivity index is 1.40. The summed E-state index contributed by atoms with van der Waals surface area (Å²) >= 11 is 0. The number of nitrogens with zero attached hydrogens (tertiary/aromatic N) is 2. The molecule has 1 aliphatic carbocycles. The third kappa shape index (κ3) is 4.70. The van der Waals surface area contributed by atoms with Gasteiger partial charge in [-0.25, -0.2) is 9.80 Å². The number of amides is 4. The van der Waals surface area contributed by atoms with Crippen molar-refractivity contribution < 1.29 is 14.4 Å². The molecule has 0 saturated heterocycles. The fourth-order valence-corrected chi connectivity index (χ4v) is 2.77. The van der Waals surface area contributed by atoms with Gasteiger partial charge in [-0.15, -0.1) is 0 Å². The monoisotopic (exact) mass is 392 g/mol. The van der Waals surface area contributed by atoms with Gasteiger partial charge in [-0.2, -0.15) is 0 Å². The molecule has 9 nitrogen and oxygen atoms in total. The van der Waals surface area contributed by atoms with Crippen LogP contribution in [0.1, 0.15) is 12.8 Å². The molecular formula is C20H20N6O3. The number of para-hydroxylation sites is 1. The minimum absolute atomic E-state index is 0.0262. The van der Waals surface area contributed by atoms with Crippen molar-refractivity contribution in [1.82, 2.24) is 10.7 Å². The van der Waals surface area contributed by atoms with Gasteiger partial charge in [-0.1, -0.05) is 24.3 Å². The summed E-state index contributed by atoms with van der Waals surface area (Å²) in [6.45, 7) is -0.131. The molecule has 1 heterocycles. The lowest BCUT2D eigenvalue weighted by Gasteiger charge is -2.27. The number of hydrogen-bond donors (Lipinski definition) is 4. The maximum atomic E-state index is 12.6. The predicted octanol–water partition coefficient (Wildman–Crippen LogP) is 1.86. The largest absolute Gasteiger partial charge is 0.335 e. The Morgan fingerprint density at radius 2 is 1.72 bits per heavy atom. The second-order valence-corrected chi connectivity index (χ2v) is 6.75. The molecule has 0 spiro atoms. The summed E-state index contributed by atoms with van der Waals surface area (Å²) in [5.41, 5.74) is 4.42. The quantitative estimate of drug-likeness (QED) is 0.622. The molecule has 0 radical (unpaired) electrons. The van der Waals surface area contributed by atoms with Crippen LogP contribution in [0.5, 0.6) is 0 Å². The zero-order chi connectivity index (χ0) is 20.2. The highest BCUT2D eigenvalue weighted by Crippen LogP contribution is 2.20. The summed E-state index contributed by atoms with van der Waals surface area (Å²) in [6.07, 6.45) is 2.00. The molecule has 2 aliphatic rings. The maximum absolute atomic E-state index is 12.6. The van der Waals surface area contributed by atoms with Crippen LogP contribution in [0.3, 0.4) is 0 Å². The third-order valence-electron chi connectivity index (χ3n) is 4.36. The fraction of sp³-hybridized carbons (Fsp3) is 0.200. The van der Waals surface area contributed by atoms with Gasteiger partial charge in [0.1, 0.15) is 6.54 Å². The first kappa shape index (κ1) is 18.5. The molecule has 2 aromatic carbocycles. The number of rotatable bonds is 5. The van der Waals surface area contributed by atoms with Crippen LogP contribution in [0, 0.1) is 0 Å². The maximum Gasteiger partial charge on any atom is 0.319 e. The summed E-state index contributed by atoms with van der Waals surface area (Å²) in [5, 5.41) is 9.59. The van der Waals surface area contributed by atoms with E-state index < -0.39 is 5.91 Å². The number of anilines is 3. The van der Waals surface area contributed by atoms with Gasteiger partial charge in [0.05, 0.1) is 5.69 Å². The van der Waals surface area contributed by atoms with Crippen molar-refractivity contribution in [3.05, 3.63) is 54.6 Å². The van der Waals surface area contributed by atoms with Crippen molar-refractivity contribution in [2.75, 3.05) is 22.2 Å². The van der Waals surface area contributed by atoms with Gasteiger partial charge in [0.15, 0.2) is 0 Å². The number of benzene rings is 2. The van der Waals surface area contributed by atoms with E-state index in [9.17, 15) is 14.4 Å². The van der Waals surface area contributed by atoms with Crippen LogP contribution in [0.2, 0.25) is 0 Å². The Morgan fingerprint density at radius 3 is 2.45 bits per heavy atom. The van der Waals surface area contributed by atoms with Crippen LogP contribution >= 0.6 is 0 Å². The Hall–Kier alpha value is -3.88. The molecule has 0 aromatic heterocycles. The number of amidine groups is 1. The number of carbonyl (C=O) groups excluding carboxylic acids is 3. The van der Waals surface area contributed by atoms with Gasteiger partial charge in [0, 0.05) is 17.4 Å². The van der Waals surface area contributed by atoms with E-state index >= 15 is 0 Å². The molecule has 0 atom stereocenters. The first-order valence-electron chi connectivity index (χ1n) is 9.26. The molecule has 4 N–H and O–H groups in total. The molecule has 0 bridgehead atoms. The average Bonchev–Trinajstić information content (AvgIpc) is 3.53. The third-order valence-corrected chi connectivity index (χ3v) is 4.36. The summed E-state index contributed by atoms with van der Waals surface area (Å²) in [7, 11) is 0. The van der Waals surface area contributed by atoms with E-state index in [2.05, 4.69) is 26.4 Å². The SMILES string of the molecule is O=C(Nc1cccc(NC(=O)C2=NCC(=O)N(c3ccccc3)N2)c1)NC1CC1. The molecule has 4 amide bonds. The molecule has 1 saturated carbocycles. The molecule has 0 unspecified atom stereocenters. The number of aliphatic imine (C=N–C) groups is 1. The van der Waals surface area contributed by atoms with Crippen LogP contribution in [0.15, 0.2) is 59.6 Å². The summed E-state index contributed by atoms with van der Waals surface area (Å²) < 4.78 is 0. The Labute approximate surface area is 167 Å². The van der Waals surface area contributed by atoms with E-state index in [1.165, 1.54) is 5.01 Å². The normalized spacial score (nSPS) is 15.8. The van der Waals surface area contributed by atoms with Crippen LogP contribution < -0.4 is 26.4 Å². The van der Waals surface area contributed by atoms with Gasteiger partial charge in [-0.05, 0) is 43.2 Å². The molecule has 4 rings (SSSR count). The van der Waals surface area contributed by atoms with Crippen LogP contribution in [0.25, 0.3) is 0 Å². The zero-order valence-corrected chi connectivity index (χ0v) is 15.5. The fourth-order valence-electron chi connectivity index (χ4n) is 2.77. The molecule has 9 heteroatoms. The van der Waals surface area contributed by atoms with Crippen LogP contribution in [-0.4, -0.2) is 36.3 Å². The molecule has 1 fully saturated rings. The van der Waals surface area contributed by atoms with Crippen molar-refractivity contribution in [1.29, 1.82) is 0 Å². The van der Waals surface area contributed by atoms with Gasteiger partial charge >= 0.3 is 6.03 Å². The van der Waals surface area contributed by atoms with E-state index in [4.69, 9.17) is 0 Å². The lowest BCUT2D eigenvalue weighted by molar-refractivity contribution is -0.118. The Bertz CT molecular complexity index is 971. The van der Waals surface area contributed by atoms with Crippen molar-refractivity contribution in [2.45, 2.75) is 18.9 Å². The highest BCUT2D eigenvalue weighted by Gasteiger charge is 2.26. The lowest BCUT2D eigenvalue weighted by atomic mass is 10.2. The van der Waals surface area contributed by atoms with Crippen LogP contribution in [0.4, 0.5) is 21.9 Å². The van der Waals surface area contributed by atoms with Crippen LogP contribution in [-0.2, 0) is 9.59 Å². The van der Waals surface area contributed by atoms with E-state index in [0.717, 1.165) is 12.8 Å². The molecule has 1 aliphatic heterocycles. The summed E-state index contributed by atoms with van der Waals surface area (Å²) in [5.74, 6) is -0.725. The first-order valence-corrected chi connectivity index (χ1v) is 9.26. The predicted molar refractivity (Wildman–Crippen MR) is 110 cm³/mol. The Kier molecular flexibility index (Phi) is 5.10. The Morgan fingerprint density at radius 1 is 1.00 bits per heavy atom. The number of hydrazine groups is 1. The molecule has 148 valence electrons. The second-order valence-electron chi connectivity index (χ2n) is 6.75. The number of carbonyl (C=O) groups is 3. The van der Waals surface area contributed by atoms with Crippen molar-refractivity contribution in [3.63, 3.8) is 0 Å². The second kappa shape index (κ2) is 8.01. The van der Waals surface area contributed by atoms with E-state index in [1.807, 2.05) is 6.07 Å². The average molecular weight is 392 g/mol. The van der Waals surface area contributed by atoms with Gasteiger partial charge < -0.3 is 16.0 Å². The minimum Gasteiger partial charge on any atom is -0.335 e. The minimum atomic E-state index is -0.488. The van der Waals surface area contributed by atoms with E-state index in [0.29, 0.717) is 17.1 Å². The summed E-state index contributed by atoms with van der Waals surface area (Å²) in [6, 6.07) is 15.7. The topological polar surface area (TPSA) is 115 Å². The van der Waals surface area contributed by atoms with Gasteiger partial charge in [-0.3, -0.25) is 20.0 Å². The molecule has 2 aromatic rings. The number of urea groups is 1. The summed E-state index contributed by atoms with van der Waals surface area (Å²) in [4.78, 5) is 40.6. The smallest absolute Gasteiger partial charge is 0.319 e. The number of nitrogens with one attached hydrogen (secondary N) is 4. The molecule has 29 heavy (non-hydrogen) atoms. The zero-order valence-electron chi connectivity index (χ0n) is 15.5.